The summed E-state index contributed by atoms with van der Waals surface area (Å²) in [5.41, 5.74) is 2.31. The Morgan fingerprint density at radius 1 is 1.20 bits per heavy atom. The molecule has 0 spiro atoms. The number of hydrogen-bond acceptors (Lipinski definition) is 3. The monoisotopic (exact) mass is 354 g/mol. The van der Waals surface area contributed by atoms with Crippen LogP contribution in [0.15, 0.2) is 47.1 Å². The van der Waals surface area contributed by atoms with Gasteiger partial charge in [0.15, 0.2) is 0 Å². The third-order valence-electron chi connectivity index (χ3n) is 2.81. The average Bonchev–Trinajstić information content (AvgIpc) is 2.43. The Balaban J connectivity index is 2.06. The first-order chi connectivity index (χ1) is 9.48. The molecule has 0 bridgehead atoms. The van der Waals surface area contributed by atoms with Crippen molar-refractivity contribution >= 4 is 31.6 Å². The first-order valence-corrected chi connectivity index (χ1v) is 8.58. The van der Waals surface area contributed by atoms with Crippen molar-refractivity contribution < 1.29 is 8.42 Å². The number of sulfonamides is 1. The van der Waals surface area contributed by atoms with Gasteiger partial charge in [0.1, 0.15) is 0 Å². The first kappa shape index (κ1) is 15.0. The summed E-state index contributed by atoms with van der Waals surface area (Å²) in [4.78, 5) is 4.12. The molecular weight excluding hydrogens is 340 g/mol. The molecule has 0 fully saturated rings. The molecule has 6 heteroatoms. The molecule has 1 N–H and O–H groups in total. The SMILES string of the molecule is Cc1cccc(NS(=O)(=O)CCc2ccccn2)c1Br. The normalized spacial score (nSPS) is 11.3. The van der Waals surface area contributed by atoms with Crippen LogP contribution in [0.3, 0.4) is 0 Å². The Kier molecular flexibility index (Phi) is 4.77. The minimum atomic E-state index is -3.39. The minimum Gasteiger partial charge on any atom is -0.282 e. The van der Waals surface area contributed by atoms with E-state index in [4.69, 9.17) is 0 Å². The lowest BCUT2D eigenvalue weighted by molar-refractivity contribution is 0.600. The summed E-state index contributed by atoms with van der Waals surface area (Å²) in [6.45, 7) is 1.91. The number of hydrogen-bond donors (Lipinski definition) is 1. The maximum Gasteiger partial charge on any atom is 0.233 e. The smallest absolute Gasteiger partial charge is 0.233 e. The van der Waals surface area contributed by atoms with Gasteiger partial charge >= 0.3 is 0 Å². The van der Waals surface area contributed by atoms with Gasteiger partial charge in [-0.15, -0.1) is 0 Å². The molecule has 2 aromatic rings. The Bertz CT molecular complexity index is 688. The van der Waals surface area contributed by atoms with Crippen molar-refractivity contribution in [2.75, 3.05) is 10.5 Å². The molecule has 0 amide bonds. The van der Waals surface area contributed by atoms with Crippen molar-refractivity contribution in [2.24, 2.45) is 0 Å². The minimum absolute atomic E-state index is 0.00436. The van der Waals surface area contributed by atoms with Crippen LogP contribution in [0.1, 0.15) is 11.3 Å². The first-order valence-electron chi connectivity index (χ1n) is 6.13. The molecule has 0 saturated heterocycles. The molecular formula is C14H15BrN2O2S. The van der Waals surface area contributed by atoms with E-state index in [2.05, 4.69) is 25.6 Å². The summed E-state index contributed by atoms with van der Waals surface area (Å²) < 4.78 is 27.5. The summed E-state index contributed by atoms with van der Waals surface area (Å²) in [6, 6.07) is 10.9. The van der Waals surface area contributed by atoms with Crippen LogP contribution in [0, 0.1) is 6.92 Å². The molecule has 0 atom stereocenters. The lowest BCUT2D eigenvalue weighted by Crippen LogP contribution is -2.18. The van der Waals surface area contributed by atoms with Crippen LogP contribution in [-0.2, 0) is 16.4 Å². The fraction of sp³-hybridized carbons (Fsp3) is 0.214. The maximum atomic E-state index is 12.1. The predicted octanol–water partition coefficient (Wildman–Crippen LogP) is 3.14. The van der Waals surface area contributed by atoms with E-state index in [-0.39, 0.29) is 5.75 Å². The van der Waals surface area contributed by atoms with Crippen molar-refractivity contribution in [3.8, 4) is 0 Å². The van der Waals surface area contributed by atoms with Crippen molar-refractivity contribution in [1.82, 2.24) is 4.98 Å². The summed E-state index contributed by atoms with van der Waals surface area (Å²) in [5.74, 6) is 0.00436. The van der Waals surface area contributed by atoms with E-state index in [9.17, 15) is 8.42 Å². The number of aryl methyl sites for hydroxylation is 2. The molecule has 1 heterocycles. The fourth-order valence-electron chi connectivity index (χ4n) is 1.73. The van der Waals surface area contributed by atoms with Crippen molar-refractivity contribution in [2.45, 2.75) is 13.3 Å². The quantitative estimate of drug-likeness (QED) is 0.897. The van der Waals surface area contributed by atoms with Gasteiger partial charge < -0.3 is 0 Å². The molecule has 0 aliphatic rings. The molecule has 2 rings (SSSR count). The average molecular weight is 355 g/mol. The van der Waals surface area contributed by atoms with E-state index in [0.717, 1.165) is 15.7 Å². The standard InChI is InChI=1S/C14H15BrN2O2S/c1-11-5-4-7-13(14(11)15)17-20(18,19)10-8-12-6-2-3-9-16-12/h2-7,9,17H,8,10H2,1H3. The molecule has 0 aliphatic carbocycles. The topological polar surface area (TPSA) is 59.1 Å². The second kappa shape index (κ2) is 6.37. The Morgan fingerprint density at radius 2 is 2.00 bits per heavy atom. The number of benzene rings is 1. The van der Waals surface area contributed by atoms with Crippen molar-refractivity contribution in [3.63, 3.8) is 0 Å². The van der Waals surface area contributed by atoms with Gasteiger partial charge in [0.05, 0.1) is 11.4 Å². The highest BCUT2D eigenvalue weighted by molar-refractivity contribution is 9.10. The Hall–Kier alpha value is -1.40. The summed E-state index contributed by atoms with van der Waals surface area (Å²) in [7, 11) is -3.39. The number of anilines is 1. The Morgan fingerprint density at radius 3 is 2.70 bits per heavy atom. The van der Waals surface area contributed by atoms with Gasteiger partial charge in [-0.3, -0.25) is 9.71 Å². The van der Waals surface area contributed by atoms with E-state index >= 15 is 0 Å². The summed E-state index contributed by atoms with van der Waals surface area (Å²) >= 11 is 3.39. The second-order valence-electron chi connectivity index (χ2n) is 4.43. The molecule has 0 unspecified atom stereocenters. The molecule has 4 nitrogen and oxygen atoms in total. The number of rotatable bonds is 5. The highest BCUT2D eigenvalue weighted by Gasteiger charge is 2.13. The third-order valence-corrected chi connectivity index (χ3v) is 5.14. The van der Waals surface area contributed by atoms with Crippen LogP contribution in [0.25, 0.3) is 0 Å². The van der Waals surface area contributed by atoms with Gasteiger partial charge in [-0.2, -0.15) is 0 Å². The third kappa shape index (κ3) is 4.05. The van der Waals surface area contributed by atoms with E-state index < -0.39 is 10.0 Å². The number of aromatic nitrogens is 1. The van der Waals surface area contributed by atoms with Crippen LogP contribution in [0.4, 0.5) is 5.69 Å². The van der Waals surface area contributed by atoms with Gasteiger partial charge in [0.25, 0.3) is 0 Å². The predicted molar refractivity (Wildman–Crippen MR) is 84.2 cm³/mol. The van der Waals surface area contributed by atoms with E-state index in [1.54, 1.807) is 18.3 Å². The molecule has 1 aromatic carbocycles. The lowest BCUT2D eigenvalue weighted by atomic mass is 10.2. The molecule has 0 radical (unpaired) electrons. The Labute approximate surface area is 127 Å². The van der Waals surface area contributed by atoms with Gasteiger partial charge in [-0.05, 0) is 46.6 Å². The van der Waals surface area contributed by atoms with Crippen molar-refractivity contribution in [1.29, 1.82) is 0 Å². The summed E-state index contributed by atoms with van der Waals surface area (Å²) in [5, 5.41) is 0. The van der Waals surface area contributed by atoms with Crippen LogP contribution in [-0.4, -0.2) is 19.2 Å². The maximum absolute atomic E-state index is 12.1. The lowest BCUT2D eigenvalue weighted by Gasteiger charge is -2.10. The fourth-order valence-corrected chi connectivity index (χ4v) is 3.31. The summed E-state index contributed by atoms with van der Waals surface area (Å²) in [6.07, 6.45) is 2.05. The highest BCUT2D eigenvalue weighted by atomic mass is 79.9. The molecule has 0 saturated carbocycles. The van der Waals surface area contributed by atoms with Gasteiger partial charge in [0, 0.05) is 22.8 Å². The van der Waals surface area contributed by atoms with Gasteiger partial charge in [-0.1, -0.05) is 18.2 Å². The van der Waals surface area contributed by atoms with E-state index in [1.165, 1.54) is 0 Å². The number of pyridine rings is 1. The second-order valence-corrected chi connectivity index (χ2v) is 7.06. The molecule has 1 aromatic heterocycles. The van der Waals surface area contributed by atoms with Crippen LogP contribution in [0.2, 0.25) is 0 Å². The number of nitrogens with one attached hydrogen (secondary N) is 1. The zero-order valence-electron chi connectivity index (χ0n) is 11.0. The highest BCUT2D eigenvalue weighted by Crippen LogP contribution is 2.26. The molecule has 0 aliphatic heterocycles. The van der Waals surface area contributed by atoms with Crippen LogP contribution in [0.5, 0.6) is 0 Å². The number of halogens is 1. The van der Waals surface area contributed by atoms with Crippen molar-refractivity contribution in [3.05, 3.63) is 58.3 Å². The zero-order chi connectivity index (χ0) is 14.6. The van der Waals surface area contributed by atoms with Gasteiger partial charge in [-0.25, -0.2) is 8.42 Å². The van der Waals surface area contributed by atoms with E-state index in [1.807, 2.05) is 31.2 Å². The largest absolute Gasteiger partial charge is 0.282 e. The number of nitrogens with zero attached hydrogens (tertiary/aromatic N) is 1. The molecule has 20 heavy (non-hydrogen) atoms. The van der Waals surface area contributed by atoms with E-state index in [0.29, 0.717) is 12.1 Å². The van der Waals surface area contributed by atoms with Crippen LogP contribution < -0.4 is 4.72 Å². The van der Waals surface area contributed by atoms with Crippen LogP contribution >= 0.6 is 15.9 Å². The zero-order valence-corrected chi connectivity index (χ0v) is 13.4. The van der Waals surface area contributed by atoms with Gasteiger partial charge in [0.2, 0.25) is 10.0 Å². The molecule has 106 valence electrons.